The second-order valence-corrected chi connectivity index (χ2v) is 4.31. The molecular weight excluding hydrogens is 234 g/mol. The Kier molecular flexibility index (Phi) is 3.40. The van der Waals surface area contributed by atoms with Crippen molar-refractivity contribution in [3.8, 4) is 0 Å². The summed E-state index contributed by atoms with van der Waals surface area (Å²) in [4.78, 5) is 15.0. The smallest absolute Gasteiger partial charge is 0.358 e. The summed E-state index contributed by atoms with van der Waals surface area (Å²) in [5, 5.41) is 16.7. The van der Waals surface area contributed by atoms with E-state index in [1.807, 2.05) is 24.6 Å². The van der Waals surface area contributed by atoms with E-state index in [1.165, 1.54) is 0 Å². The van der Waals surface area contributed by atoms with Gasteiger partial charge in [0, 0.05) is 18.9 Å². The first kappa shape index (κ1) is 12.3. The largest absolute Gasteiger partial charge is 0.476 e. The molecule has 0 aliphatic heterocycles. The van der Waals surface area contributed by atoms with Gasteiger partial charge in [-0.25, -0.2) is 14.5 Å². The van der Waals surface area contributed by atoms with Crippen LogP contribution >= 0.6 is 0 Å². The van der Waals surface area contributed by atoms with E-state index < -0.39 is 5.97 Å². The average molecular weight is 249 g/mol. The molecular formula is C11H15N5O2. The molecule has 0 aromatic carbocycles. The van der Waals surface area contributed by atoms with Crippen LogP contribution in [0.5, 0.6) is 0 Å². The first-order valence-corrected chi connectivity index (χ1v) is 5.72. The number of rotatable bonds is 5. The molecule has 0 aliphatic rings. The van der Waals surface area contributed by atoms with Crippen molar-refractivity contribution < 1.29 is 9.90 Å². The molecule has 2 aromatic rings. The summed E-state index contributed by atoms with van der Waals surface area (Å²) >= 11 is 0. The Morgan fingerprint density at radius 2 is 2.22 bits per heavy atom. The van der Waals surface area contributed by atoms with E-state index in [2.05, 4.69) is 15.3 Å². The Bertz CT molecular complexity index is 530. The van der Waals surface area contributed by atoms with Gasteiger partial charge >= 0.3 is 5.97 Å². The lowest BCUT2D eigenvalue weighted by atomic mass is 10.1. The van der Waals surface area contributed by atoms with Gasteiger partial charge in [-0.3, -0.25) is 0 Å². The van der Waals surface area contributed by atoms with Crippen molar-refractivity contribution in [1.82, 2.24) is 24.5 Å². The van der Waals surface area contributed by atoms with E-state index in [1.54, 1.807) is 17.2 Å². The van der Waals surface area contributed by atoms with Crippen molar-refractivity contribution in [2.45, 2.75) is 32.9 Å². The highest BCUT2D eigenvalue weighted by Crippen LogP contribution is 2.17. The molecule has 2 rings (SSSR count). The fraction of sp³-hybridized carbons (Fsp3) is 0.455. The monoisotopic (exact) mass is 249 g/mol. The summed E-state index contributed by atoms with van der Waals surface area (Å²) in [7, 11) is 0. The maximum atomic E-state index is 11.0. The van der Waals surface area contributed by atoms with Gasteiger partial charge in [-0.15, -0.1) is 5.10 Å². The number of carboxylic acid groups (broad SMARTS) is 1. The molecule has 0 atom stereocenters. The Morgan fingerprint density at radius 1 is 1.44 bits per heavy atom. The van der Waals surface area contributed by atoms with Crippen LogP contribution < -0.4 is 0 Å². The molecule has 96 valence electrons. The molecule has 2 aromatic heterocycles. The van der Waals surface area contributed by atoms with Crippen LogP contribution in [0.2, 0.25) is 0 Å². The Balaban J connectivity index is 2.20. The Hall–Kier alpha value is -2.18. The zero-order valence-corrected chi connectivity index (χ0v) is 10.3. The summed E-state index contributed by atoms with van der Waals surface area (Å²) in [5.74, 6) is -0.971. The molecule has 0 aliphatic carbocycles. The minimum atomic E-state index is -1.03. The highest BCUT2D eigenvalue weighted by Gasteiger charge is 2.21. The van der Waals surface area contributed by atoms with Gasteiger partial charge in [-0.2, -0.15) is 0 Å². The van der Waals surface area contributed by atoms with Crippen LogP contribution in [0.15, 0.2) is 18.7 Å². The molecule has 0 saturated carbocycles. The summed E-state index contributed by atoms with van der Waals surface area (Å²) < 4.78 is 3.56. The Labute approximate surface area is 104 Å². The van der Waals surface area contributed by atoms with E-state index in [0.29, 0.717) is 18.8 Å². The van der Waals surface area contributed by atoms with Gasteiger partial charge in [0.15, 0.2) is 5.69 Å². The van der Waals surface area contributed by atoms with Gasteiger partial charge in [0.25, 0.3) is 0 Å². The number of nitrogens with zero attached hydrogens (tertiary/aromatic N) is 5. The van der Waals surface area contributed by atoms with Crippen LogP contribution in [0.1, 0.15) is 35.9 Å². The maximum absolute atomic E-state index is 11.0. The summed E-state index contributed by atoms with van der Waals surface area (Å²) in [6.07, 6.45) is 5.27. The number of carboxylic acids is 1. The molecule has 0 radical (unpaired) electrons. The van der Waals surface area contributed by atoms with Gasteiger partial charge < -0.3 is 9.67 Å². The summed E-state index contributed by atoms with van der Waals surface area (Å²) in [6.45, 7) is 5.12. The molecule has 0 unspecified atom stereocenters. The highest BCUT2D eigenvalue weighted by molar-refractivity contribution is 5.86. The van der Waals surface area contributed by atoms with Crippen molar-refractivity contribution in [2.75, 3.05) is 0 Å². The van der Waals surface area contributed by atoms with E-state index in [-0.39, 0.29) is 11.6 Å². The van der Waals surface area contributed by atoms with Crippen LogP contribution in [-0.2, 0) is 13.1 Å². The number of imidazole rings is 1. The van der Waals surface area contributed by atoms with E-state index in [9.17, 15) is 4.79 Å². The standard InChI is InChI=1S/C11H15N5O2/c1-8(2)10-9(11(17)18)13-14-16(10)6-5-15-4-3-12-7-15/h3-4,7-8H,5-6H2,1-2H3,(H,17,18). The summed E-state index contributed by atoms with van der Waals surface area (Å²) in [6, 6.07) is 0. The van der Waals surface area contributed by atoms with Gasteiger partial charge in [-0.05, 0) is 5.92 Å². The summed E-state index contributed by atoms with van der Waals surface area (Å²) in [5.41, 5.74) is 0.693. The lowest BCUT2D eigenvalue weighted by molar-refractivity contribution is 0.0688. The normalized spacial score (nSPS) is 11.1. The fourth-order valence-electron chi connectivity index (χ4n) is 1.84. The molecule has 0 fully saturated rings. The van der Waals surface area contributed by atoms with E-state index in [0.717, 1.165) is 0 Å². The number of aromatic nitrogens is 5. The number of aromatic carboxylic acids is 1. The van der Waals surface area contributed by atoms with Crippen molar-refractivity contribution in [2.24, 2.45) is 0 Å². The molecule has 0 amide bonds. The van der Waals surface area contributed by atoms with E-state index >= 15 is 0 Å². The Morgan fingerprint density at radius 3 is 2.78 bits per heavy atom. The number of carbonyl (C=O) groups is 1. The molecule has 0 spiro atoms. The zero-order valence-electron chi connectivity index (χ0n) is 10.3. The van der Waals surface area contributed by atoms with Crippen LogP contribution in [0, 0.1) is 0 Å². The van der Waals surface area contributed by atoms with Crippen LogP contribution in [0.3, 0.4) is 0 Å². The second-order valence-electron chi connectivity index (χ2n) is 4.31. The number of hydrogen-bond acceptors (Lipinski definition) is 4. The maximum Gasteiger partial charge on any atom is 0.358 e. The molecule has 0 saturated heterocycles. The lowest BCUT2D eigenvalue weighted by Crippen LogP contribution is -2.13. The molecule has 7 nitrogen and oxygen atoms in total. The number of aryl methyl sites for hydroxylation is 2. The van der Waals surface area contributed by atoms with Crippen molar-refractivity contribution in [1.29, 1.82) is 0 Å². The minimum Gasteiger partial charge on any atom is -0.476 e. The molecule has 0 bridgehead atoms. The number of hydrogen-bond donors (Lipinski definition) is 1. The first-order valence-electron chi connectivity index (χ1n) is 5.72. The van der Waals surface area contributed by atoms with Crippen LogP contribution in [0.25, 0.3) is 0 Å². The predicted octanol–water partition coefficient (Wildman–Crippen LogP) is 0.996. The topological polar surface area (TPSA) is 85.8 Å². The van der Waals surface area contributed by atoms with Crippen molar-refractivity contribution in [3.05, 3.63) is 30.1 Å². The molecule has 7 heteroatoms. The molecule has 2 heterocycles. The SMILES string of the molecule is CC(C)c1c(C(=O)O)nnn1CCn1ccnc1. The van der Waals surface area contributed by atoms with Gasteiger partial charge in [0.05, 0.1) is 18.6 Å². The van der Waals surface area contributed by atoms with Crippen molar-refractivity contribution >= 4 is 5.97 Å². The van der Waals surface area contributed by atoms with Crippen LogP contribution in [-0.4, -0.2) is 35.6 Å². The van der Waals surface area contributed by atoms with Gasteiger partial charge in [0.1, 0.15) is 0 Å². The third-order valence-electron chi connectivity index (χ3n) is 2.65. The minimum absolute atomic E-state index is 0.0376. The van der Waals surface area contributed by atoms with Gasteiger partial charge in [0.2, 0.25) is 0 Å². The lowest BCUT2D eigenvalue weighted by Gasteiger charge is -2.10. The average Bonchev–Trinajstić information content (AvgIpc) is 2.95. The third-order valence-corrected chi connectivity index (χ3v) is 2.65. The highest BCUT2D eigenvalue weighted by atomic mass is 16.4. The molecule has 18 heavy (non-hydrogen) atoms. The van der Waals surface area contributed by atoms with Gasteiger partial charge in [-0.1, -0.05) is 19.1 Å². The second kappa shape index (κ2) is 4.99. The quantitative estimate of drug-likeness (QED) is 0.854. The predicted molar refractivity (Wildman–Crippen MR) is 63.3 cm³/mol. The van der Waals surface area contributed by atoms with E-state index in [4.69, 9.17) is 5.11 Å². The van der Waals surface area contributed by atoms with Crippen molar-refractivity contribution in [3.63, 3.8) is 0 Å². The zero-order chi connectivity index (χ0) is 13.1. The fourth-order valence-corrected chi connectivity index (χ4v) is 1.84. The third kappa shape index (κ3) is 2.39. The first-order chi connectivity index (χ1) is 8.59. The molecule has 1 N–H and O–H groups in total. The van der Waals surface area contributed by atoms with Crippen LogP contribution in [0.4, 0.5) is 0 Å².